The highest BCUT2D eigenvalue weighted by atomic mass is 19.1. The van der Waals surface area contributed by atoms with E-state index in [4.69, 9.17) is 5.73 Å². The Bertz CT molecular complexity index is 624. The Balaban J connectivity index is 2.57. The summed E-state index contributed by atoms with van der Waals surface area (Å²) in [5.41, 5.74) is 6.80. The maximum Gasteiger partial charge on any atom is 0.129 e. The van der Waals surface area contributed by atoms with Crippen molar-refractivity contribution in [1.29, 1.82) is 0 Å². The van der Waals surface area contributed by atoms with Crippen molar-refractivity contribution in [1.82, 2.24) is 4.98 Å². The number of aromatic nitrogens is 1. The molecule has 0 spiro atoms. The van der Waals surface area contributed by atoms with Gasteiger partial charge in [-0.2, -0.15) is 0 Å². The number of anilines is 1. The Hall–Kier alpha value is -1.94. The lowest BCUT2D eigenvalue weighted by atomic mass is 9.87. The first-order valence-corrected chi connectivity index (χ1v) is 6.04. The van der Waals surface area contributed by atoms with Gasteiger partial charge in [-0.05, 0) is 49.6 Å². The topological polar surface area (TPSA) is 59.1 Å². The SMILES string of the molecule is Cc1cnc(N)c(C(C)(O)c2ccc(C)c(F)c2)c1. The molecule has 1 heterocycles. The van der Waals surface area contributed by atoms with Crippen LogP contribution in [0, 0.1) is 19.7 Å². The second-order valence-electron chi connectivity index (χ2n) is 4.98. The highest BCUT2D eigenvalue weighted by molar-refractivity contribution is 5.49. The molecule has 100 valence electrons. The maximum atomic E-state index is 13.6. The molecule has 1 unspecified atom stereocenters. The van der Waals surface area contributed by atoms with Gasteiger partial charge >= 0.3 is 0 Å². The second-order valence-corrected chi connectivity index (χ2v) is 4.98. The fourth-order valence-electron chi connectivity index (χ4n) is 2.02. The molecule has 1 aromatic carbocycles. The maximum absolute atomic E-state index is 13.6. The number of nitrogens with zero attached hydrogens (tertiary/aromatic N) is 1. The number of hydrogen-bond acceptors (Lipinski definition) is 3. The van der Waals surface area contributed by atoms with Crippen LogP contribution in [-0.4, -0.2) is 10.1 Å². The van der Waals surface area contributed by atoms with Crippen LogP contribution >= 0.6 is 0 Å². The van der Waals surface area contributed by atoms with Crippen LogP contribution in [0.25, 0.3) is 0 Å². The van der Waals surface area contributed by atoms with Gasteiger partial charge in [0.25, 0.3) is 0 Å². The number of pyridine rings is 1. The van der Waals surface area contributed by atoms with E-state index in [9.17, 15) is 9.50 Å². The fourth-order valence-corrected chi connectivity index (χ4v) is 2.02. The van der Waals surface area contributed by atoms with Crippen LogP contribution in [0.3, 0.4) is 0 Å². The molecular weight excluding hydrogens is 243 g/mol. The molecule has 19 heavy (non-hydrogen) atoms. The lowest BCUT2D eigenvalue weighted by Gasteiger charge is -2.26. The first-order chi connectivity index (χ1) is 8.82. The number of nitrogens with two attached hydrogens (primary N) is 1. The third kappa shape index (κ3) is 2.44. The van der Waals surface area contributed by atoms with Gasteiger partial charge in [-0.15, -0.1) is 0 Å². The van der Waals surface area contributed by atoms with Gasteiger partial charge in [-0.3, -0.25) is 0 Å². The average molecular weight is 260 g/mol. The van der Waals surface area contributed by atoms with Crippen molar-refractivity contribution >= 4 is 5.82 Å². The monoisotopic (exact) mass is 260 g/mol. The Morgan fingerprint density at radius 2 is 1.95 bits per heavy atom. The first-order valence-electron chi connectivity index (χ1n) is 6.04. The summed E-state index contributed by atoms with van der Waals surface area (Å²) in [5.74, 6) is -0.103. The Morgan fingerprint density at radius 3 is 2.58 bits per heavy atom. The van der Waals surface area contributed by atoms with Crippen molar-refractivity contribution in [2.75, 3.05) is 5.73 Å². The van der Waals surface area contributed by atoms with Crippen molar-refractivity contribution in [2.45, 2.75) is 26.4 Å². The lowest BCUT2D eigenvalue weighted by molar-refractivity contribution is 0.102. The molecule has 0 amide bonds. The van der Waals surface area contributed by atoms with E-state index in [2.05, 4.69) is 4.98 Å². The molecule has 4 heteroatoms. The zero-order valence-corrected chi connectivity index (χ0v) is 11.2. The molecule has 0 bridgehead atoms. The number of halogens is 1. The molecule has 0 saturated heterocycles. The second kappa shape index (κ2) is 4.63. The van der Waals surface area contributed by atoms with E-state index in [1.165, 1.54) is 6.07 Å². The molecule has 2 aromatic rings. The van der Waals surface area contributed by atoms with E-state index in [0.29, 0.717) is 16.7 Å². The zero-order valence-electron chi connectivity index (χ0n) is 11.2. The molecule has 0 fully saturated rings. The van der Waals surface area contributed by atoms with Gasteiger partial charge in [0.1, 0.15) is 17.2 Å². The lowest BCUT2D eigenvalue weighted by Crippen LogP contribution is -2.25. The van der Waals surface area contributed by atoms with Crippen molar-refractivity contribution < 1.29 is 9.50 Å². The Labute approximate surface area is 111 Å². The van der Waals surface area contributed by atoms with Crippen LogP contribution in [0.2, 0.25) is 0 Å². The van der Waals surface area contributed by atoms with E-state index in [1.54, 1.807) is 38.2 Å². The summed E-state index contributed by atoms with van der Waals surface area (Å²) < 4.78 is 13.6. The molecule has 1 aromatic heterocycles. The van der Waals surface area contributed by atoms with Crippen LogP contribution in [0.4, 0.5) is 10.2 Å². The van der Waals surface area contributed by atoms with Gasteiger partial charge in [0.15, 0.2) is 0 Å². The van der Waals surface area contributed by atoms with Gasteiger partial charge in [0.05, 0.1) is 0 Å². The number of benzene rings is 1. The van der Waals surface area contributed by atoms with Gasteiger partial charge in [0.2, 0.25) is 0 Å². The van der Waals surface area contributed by atoms with Crippen LogP contribution in [-0.2, 0) is 5.60 Å². The summed E-state index contributed by atoms with van der Waals surface area (Å²) in [6, 6.07) is 6.43. The first kappa shape index (κ1) is 13.5. The molecule has 3 N–H and O–H groups in total. The minimum absolute atomic E-state index is 0.247. The normalized spacial score (nSPS) is 14.2. The van der Waals surface area contributed by atoms with Crippen molar-refractivity contribution in [3.05, 3.63) is 58.5 Å². The third-order valence-corrected chi connectivity index (χ3v) is 3.31. The number of rotatable bonds is 2. The van der Waals surface area contributed by atoms with Crippen LogP contribution in [0.5, 0.6) is 0 Å². The van der Waals surface area contributed by atoms with E-state index >= 15 is 0 Å². The largest absolute Gasteiger partial charge is 0.383 e. The fraction of sp³-hybridized carbons (Fsp3) is 0.267. The van der Waals surface area contributed by atoms with E-state index in [-0.39, 0.29) is 11.6 Å². The van der Waals surface area contributed by atoms with Gasteiger partial charge < -0.3 is 10.8 Å². The predicted octanol–water partition coefficient (Wildman–Crippen LogP) is 2.68. The molecule has 2 rings (SSSR count). The Kier molecular flexibility index (Phi) is 3.28. The van der Waals surface area contributed by atoms with Crippen LogP contribution in [0.15, 0.2) is 30.5 Å². The summed E-state index contributed by atoms with van der Waals surface area (Å²) in [4.78, 5) is 4.03. The molecule has 0 aliphatic heterocycles. The summed E-state index contributed by atoms with van der Waals surface area (Å²) in [6.07, 6.45) is 1.63. The molecule has 1 atom stereocenters. The van der Waals surface area contributed by atoms with E-state index < -0.39 is 5.60 Å². The van der Waals surface area contributed by atoms with Gasteiger partial charge in [-0.25, -0.2) is 9.37 Å². The molecule has 0 aliphatic carbocycles. The standard InChI is InChI=1S/C15H17FN2O/c1-9-6-12(14(17)18-8-9)15(3,19)11-5-4-10(2)13(16)7-11/h4-8,19H,1-3H3,(H2,17,18). The molecule has 0 radical (unpaired) electrons. The number of aryl methyl sites for hydroxylation is 2. The van der Waals surface area contributed by atoms with E-state index in [1.807, 2.05) is 6.92 Å². The van der Waals surface area contributed by atoms with Crippen LogP contribution < -0.4 is 5.73 Å². The van der Waals surface area contributed by atoms with Crippen molar-refractivity contribution in [3.8, 4) is 0 Å². The Morgan fingerprint density at radius 1 is 1.26 bits per heavy atom. The quantitative estimate of drug-likeness (QED) is 0.872. The molecule has 0 saturated carbocycles. The number of aliphatic hydroxyl groups is 1. The minimum atomic E-state index is -1.38. The molecular formula is C15H17FN2O. The van der Waals surface area contributed by atoms with Crippen molar-refractivity contribution in [3.63, 3.8) is 0 Å². The minimum Gasteiger partial charge on any atom is -0.383 e. The average Bonchev–Trinajstić information content (AvgIpc) is 2.35. The van der Waals surface area contributed by atoms with E-state index in [0.717, 1.165) is 5.56 Å². The summed E-state index contributed by atoms with van der Waals surface area (Å²) >= 11 is 0. The zero-order chi connectivity index (χ0) is 14.2. The molecule has 3 nitrogen and oxygen atoms in total. The summed E-state index contributed by atoms with van der Waals surface area (Å²) in [5, 5.41) is 10.7. The van der Waals surface area contributed by atoms with Crippen molar-refractivity contribution in [2.24, 2.45) is 0 Å². The summed E-state index contributed by atoms with van der Waals surface area (Å²) in [7, 11) is 0. The smallest absolute Gasteiger partial charge is 0.129 e. The van der Waals surface area contributed by atoms with Crippen LogP contribution in [0.1, 0.15) is 29.2 Å². The number of hydrogen-bond donors (Lipinski definition) is 2. The highest BCUT2D eigenvalue weighted by Gasteiger charge is 2.29. The summed E-state index contributed by atoms with van der Waals surface area (Å²) in [6.45, 7) is 5.13. The predicted molar refractivity (Wildman–Crippen MR) is 73.2 cm³/mol. The number of nitrogen functional groups attached to an aromatic ring is 1. The third-order valence-electron chi connectivity index (χ3n) is 3.31. The van der Waals surface area contributed by atoms with Gasteiger partial charge in [0, 0.05) is 11.8 Å². The van der Waals surface area contributed by atoms with Gasteiger partial charge in [-0.1, -0.05) is 12.1 Å². The highest BCUT2D eigenvalue weighted by Crippen LogP contribution is 2.33. The molecule has 0 aliphatic rings.